The van der Waals surface area contributed by atoms with Crippen molar-refractivity contribution in [2.45, 2.75) is 6.92 Å². The molecule has 2 rings (SSSR count). The van der Waals surface area contributed by atoms with Gasteiger partial charge in [-0.05, 0) is 29.7 Å². The fraction of sp³-hybridized carbons (Fsp3) is 0.125. The van der Waals surface area contributed by atoms with Gasteiger partial charge in [0.25, 0.3) is 0 Å². The predicted octanol–water partition coefficient (Wildman–Crippen LogP) is 4.15. The molecule has 0 bridgehead atoms. The van der Waals surface area contributed by atoms with Crippen LogP contribution in [0.15, 0.2) is 66.8 Å². The number of benzene rings is 1. The van der Waals surface area contributed by atoms with Gasteiger partial charge in [0.2, 0.25) is 0 Å². The fourth-order valence-corrected chi connectivity index (χ4v) is 2.07. The van der Waals surface area contributed by atoms with E-state index in [1.165, 1.54) is 11.1 Å². The molecule has 0 unspecified atom stereocenters. The summed E-state index contributed by atoms with van der Waals surface area (Å²) in [7, 11) is 0. The molecule has 0 fully saturated rings. The lowest BCUT2D eigenvalue weighted by Gasteiger charge is -2.23. The summed E-state index contributed by atoms with van der Waals surface area (Å²) < 4.78 is 5.69. The van der Waals surface area contributed by atoms with E-state index in [2.05, 4.69) is 26.1 Å². The number of hydrogen-bond donors (Lipinski definition) is 0. The molecule has 0 saturated carbocycles. The van der Waals surface area contributed by atoms with E-state index in [0.717, 1.165) is 16.9 Å². The minimum atomic E-state index is 0.634. The molecule has 0 N–H and O–H groups in total. The topological polar surface area (TPSA) is 9.23 Å². The lowest BCUT2D eigenvalue weighted by atomic mass is 9.91. The number of allylic oxidation sites excluding steroid dienone is 5. The maximum absolute atomic E-state index is 5.69. The van der Waals surface area contributed by atoms with E-state index in [9.17, 15) is 0 Å². The van der Waals surface area contributed by atoms with Crippen molar-refractivity contribution in [2.24, 2.45) is 0 Å². The standard InChI is InChI=1S/C16H16O/c1-4-8-13(5-2)16-12(3)11-17-15-10-7-6-9-14(15)16/h4-10H,1-2,11H2,3H3/b13-8+. The van der Waals surface area contributed by atoms with Crippen LogP contribution in [0.25, 0.3) is 5.57 Å². The third-order valence-electron chi connectivity index (χ3n) is 2.83. The molecule has 0 aliphatic carbocycles. The number of para-hydroxylation sites is 1. The number of fused-ring (bicyclic) bond motifs is 1. The van der Waals surface area contributed by atoms with Crippen molar-refractivity contribution < 1.29 is 4.74 Å². The van der Waals surface area contributed by atoms with Crippen LogP contribution in [0.2, 0.25) is 0 Å². The molecular formula is C16H16O. The van der Waals surface area contributed by atoms with Crippen LogP contribution in [0, 0.1) is 0 Å². The summed E-state index contributed by atoms with van der Waals surface area (Å²) >= 11 is 0. The van der Waals surface area contributed by atoms with Gasteiger partial charge in [-0.2, -0.15) is 0 Å². The summed E-state index contributed by atoms with van der Waals surface area (Å²) in [5.74, 6) is 0.935. The van der Waals surface area contributed by atoms with Crippen LogP contribution >= 0.6 is 0 Å². The minimum Gasteiger partial charge on any atom is -0.489 e. The molecule has 0 spiro atoms. The maximum atomic E-state index is 5.69. The highest BCUT2D eigenvalue weighted by atomic mass is 16.5. The second-order valence-corrected chi connectivity index (χ2v) is 4.00. The molecule has 0 saturated heterocycles. The highest BCUT2D eigenvalue weighted by molar-refractivity contribution is 5.87. The second kappa shape index (κ2) is 4.88. The first-order chi connectivity index (χ1) is 8.27. The molecule has 86 valence electrons. The van der Waals surface area contributed by atoms with Gasteiger partial charge in [-0.3, -0.25) is 0 Å². The summed E-state index contributed by atoms with van der Waals surface area (Å²) in [5.41, 5.74) is 4.65. The van der Waals surface area contributed by atoms with Crippen LogP contribution < -0.4 is 4.74 Å². The Hall–Kier alpha value is -2.02. The van der Waals surface area contributed by atoms with Crippen LogP contribution in [0.1, 0.15) is 12.5 Å². The van der Waals surface area contributed by atoms with E-state index < -0.39 is 0 Å². The number of hydrogen-bond acceptors (Lipinski definition) is 1. The molecule has 1 aromatic rings. The summed E-state index contributed by atoms with van der Waals surface area (Å²) in [6.07, 6.45) is 5.63. The molecule has 1 aromatic carbocycles. The Morgan fingerprint density at radius 2 is 2.06 bits per heavy atom. The average molecular weight is 224 g/mol. The highest BCUT2D eigenvalue weighted by Gasteiger charge is 2.18. The Kier molecular flexibility index (Phi) is 3.29. The average Bonchev–Trinajstić information content (AvgIpc) is 2.37. The molecule has 1 heterocycles. The Bertz CT molecular complexity index is 518. The van der Waals surface area contributed by atoms with Gasteiger partial charge in [0, 0.05) is 5.56 Å². The van der Waals surface area contributed by atoms with Gasteiger partial charge in [-0.1, -0.05) is 49.6 Å². The molecule has 0 amide bonds. The van der Waals surface area contributed by atoms with Gasteiger partial charge in [0.05, 0.1) is 0 Å². The third-order valence-corrected chi connectivity index (χ3v) is 2.83. The smallest absolute Gasteiger partial charge is 0.127 e. The van der Waals surface area contributed by atoms with Gasteiger partial charge in [-0.15, -0.1) is 0 Å². The quantitative estimate of drug-likeness (QED) is 0.701. The van der Waals surface area contributed by atoms with Crippen molar-refractivity contribution in [1.29, 1.82) is 0 Å². The van der Waals surface area contributed by atoms with Crippen molar-refractivity contribution in [3.05, 3.63) is 72.4 Å². The Morgan fingerprint density at radius 3 is 2.76 bits per heavy atom. The zero-order valence-corrected chi connectivity index (χ0v) is 10.1. The minimum absolute atomic E-state index is 0.634. The first-order valence-electron chi connectivity index (χ1n) is 5.65. The molecule has 1 aliphatic rings. The summed E-state index contributed by atoms with van der Waals surface area (Å²) in [5, 5.41) is 0. The van der Waals surface area contributed by atoms with Gasteiger partial charge < -0.3 is 4.74 Å². The Balaban J connectivity index is 2.61. The summed E-state index contributed by atoms with van der Waals surface area (Å²) in [6, 6.07) is 8.08. The van der Waals surface area contributed by atoms with Crippen molar-refractivity contribution in [2.75, 3.05) is 6.61 Å². The van der Waals surface area contributed by atoms with Crippen LogP contribution in [0.3, 0.4) is 0 Å². The molecule has 1 nitrogen and oxygen atoms in total. The van der Waals surface area contributed by atoms with Gasteiger partial charge in [0.1, 0.15) is 12.4 Å². The van der Waals surface area contributed by atoms with Crippen LogP contribution in [0.4, 0.5) is 0 Å². The van der Waals surface area contributed by atoms with Crippen molar-refractivity contribution >= 4 is 5.57 Å². The molecule has 0 atom stereocenters. The lowest BCUT2D eigenvalue weighted by Crippen LogP contribution is -2.10. The highest BCUT2D eigenvalue weighted by Crippen LogP contribution is 2.37. The van der Waals surface area contributed by atoms with Crippen molar-refractivity contribution in [1.82, 2.24) is 0 Å². The lowest BCUT2D eigenvalue weighted by molar-refractivity contribution is 0.346. The predicted molar refractivity (Wildman–Crippen MR) is 73.0 cm³/mol. The SMILES string of the molecule is C=C/C=C(\C=C)C1=C(C)COc2ccccc21. The van der Waals surface area contributed by atoms with E-state index in [1.807, 2.05) is 30.4 Å². The molecular weight excluding hydrogens is 208 g/mol. The van der Waals surface area contributed by atoms with E-state index in [-0.39, 0.29) is 0 Å². The summed E-state index contributed by atoms with van der Waals surface area (Å²) in [6.45, 7) is 10.3. The zero-order chi connectivity index (χ0) is 12.3. The third kappa shape index (κ3) is 2.09. The molecule has 0 radical (unpaired) electrons. The first kappa shape index (κ1) is 11.5. The van der Waals surface area contributed by atoms with E-state index in [0.29, 0.717) is 6.61 Å². The van der Waals surface area contributed by atoms with Crippen LogP contribution in [-0.2, 0) is 0 Å². The van der Waals surface area contributed by atoms with Crippen LogP contribution in [0.5, 0.6) is 5.75 Å². The number of ether oxygens (including phenoxy) is 1. The molecule has 1 aliphatic heterocycles. The molecule has 0 aromatic heterocycles. The zero-order valence-electron chi connectivity index (χ0n) is 10.1. The maximum Gasteiger partial charge on any atom is 0.127 e. The van der Waals surface area contributed by atoms with Gasteiger partial charge >= 0.3 is 0 Å². The Labute approximate surface area is 102 Å². The Morgan fingerprint density at radius 1 is 1.29 bits per heavy atom. The van der Waals surface area contributed by atoms with Crippen molar-refractivity contribution in [3.8, 4) is 5.75 Å². The van der Waals surface area contributed by atoms with E-state index >= 15 is 0 Å². The normalized spacial score (nSPS) is 15.0. The largest absolute Gasteiger partial charge is 0.489 e. The summed E-state index contributed by atoms with van der Waals surface area (Å²) in [4.78, 5) is 0. The fourth-order valence-electron chi connectivity index (χ4n) is 2.07. The molecule has 1 heteroatoms. The van der Waals surface area contributed by atoms with Crippen molar-refractivity contribution in [3.63, 3.8) is 0 Å². The van der Waals surface area contributed by atoms with E-state index in [1.54, 1.807) is 6.08 Å². The first-order valence-corrected chi connectivity index (χ1v) is 5.65. The number of rotatable bonds is 3. The van der Waals surface area contributed by atoms with Crippen LogP contribution in [-0.4, -0.2) is 6.61 Å². The second-order valence-electron chi connectivity index (χ2n) is 4.00. The molecule has 17 heavy (non-hydrogen) atoms. The van der Waals surface area contributed by atoms with Gasteiger partial charge in [0.15, 0.2) is 0 Å². The van der Waals surface area contributed by atoms with Gasteiger partial charge in [-0.25, -0.2) is 0 Å². The monoisotopic (exact) mass is 224 g/mol. The van der Waals surface area contributed by atoms with E-state index in [4.69, 9.17) is 4.74 Å².